The van der Waals surface area contributed by atoms with Crippen LogP contribution < -0.4 is 10.1 Å². The highest BCUT2D eigenvalue weighted by Crippen LogP contribution is 2.18. The summed E-state index contributed by atoms with van der Waals surface area (Å²) in [5, 5.41) is 11.6. The molecule has 29 heavy (non-hydrogen) atoms. The lowest BCUT2D eigenvalue weighted by Crippen LogP contribution is -2.14. The molecule has 3 rings (SSSR count). The quantitative estimate of drug-likeness (QED) is 0.471. The van der Waals surface area contributed by atoms with Crippen molar-refractivity contribution in [1.29, 1.82) is 5.26 Å². The lowest BCUT2D eigenvalue weighted by molar-refractivity contribution is -0.112. The van der Waals surface area contributed by atoms with Crippen LogP contribution in [0.25, 0.3) is 6.08 Å². The molecule has 3 aromatic rings. The summed E-state index contributed by atoms with van der Waals surface area (Å²) in [5.74, 6) is -1.13. The molecular weight excluding hydrogens is 374 g/mol. The van der Waals surface area contributed by atoms with E-state index >= 15 is 0 Å². The smallest absolute Gasteiger partial charge is 0.266 e. The summed E-state index contributed by atoms with van der Waals surface area (Å²) in [6, 6.07) is 20.5. The Bertz CT molecular complexity index is 1090. The molecule has 0 atom stereocenters. The summed E-state index contributed by atoms with van der Waals surface area (Å²) >= 11 is 0. The van der Waals surface area contributed by atoms with Crippen LogP contribution in [-0.2, 0) is 11.4 Å². The molecule has 0 unspecified atom stereocenters. The van der Waals surface area contributed by atoms with E-state index in [4.69, 9.17) is 4.74 Å². The van der Waals surface area contributed by atoms with E-state index in [1.807, 2.05) is 6.07 Å². The van der Waals surface area contributed by atoms with Crippen molar-refractivity contribution < 1.29 is 18.3 Å². The number of ether oxygens (including phenoxy) is 1. The molecule has 3 aromatic carbocycles. The molecule has 4 nitrogen and oxygen atoms in total. The summed E-state index contributed by atoms with van der Waals surface area (Å²) in [4.78, 5) is 12.2. The molecule has 1 amide bonds. The Morgan fingerprint density at radius 1 is 0.966 bits per heavy atom. The molecule has 0 radical (unpaired) electrons. The molecule has 0 heterocycles. The van der Waals surface area contributed by atoms with Crippen LogP contribution in [-0.4, -0.2) is 5.91 Å². The zero-order valence-electron chi connectivity index (χ0n) is 15.2. The van der Waals surface area contributed by atoms with Gasteiger partial charge in [-0.25, -0.2) is 8.78 Å². The molecule has 0 saturated carbocycles. The monoisotopic (exact) mass is 390 g/mol. The van der Waals surface area contributed by atoms with Gasteiger partial charge in [-0.2, -0.15) is 5.26 Å². The maximum Gasteiger partial charge on any atom is 0.266 e. The Balaban J connectivity index is 1.67. The van der Waals surface area contributed by atoms with Crippen LogP contribution in [0, 0.1) is 23.0 Å². The predicted molar refractivity (Wildman–Crippen MR) is 106 cm³/mol. The van der Waals surface area contributed by atoms with Gasteiger partial charge in [0, 0.05) is 5.56 Å². The Morgan fingerprint density at radius 2 is 1.62 bits per heavy atom. The number of carbonyl (C=O) groups is 1. The minimum Gasteiger partial charge on any atom is -0.489 e. The van der Waals surface area contributed by atoms with Gasteiger partial charge in [0.15, 0.2) is 0 Å². The van der Waals surface area contributed by atoms with E-state index in [0.29, 0.717) is 16.9 Å². The maximum atomic E-state index is 13.7. The van der Waals surface area contributed by atoms with Crippen molar-refractivity contribution in [2.45, 2.75) is 6.61 Å². The third kappa shape index (κ3) is 5.27. The first-order valence-electron chi connectivity index (χ1n) is 8.71. The minimum atomic E-state index is -0.711. The van der Waals surface area contributed by atoms with Crippen molar-refractivity contribution in [3.63, 3.8) is 0 Å². The highest BCUT2D eigenvalue weighted by Gasteiger charge is 2.12. The van der Waals surface area contributed by atoms with Gasteiger partial charge in [-0.15, -0.1) is 0 Å². The van der Waals surface area contributed by atoms with E-state index in [9.17, 15) is 18.8 Å². The predicted octanol–water partition coefficient (Wildman–Crippen LogP) is 5.09. The van der Waals surface area contributed by atoms with Crippen LogP contribution in [0.4, 0.5) is 14.5 Å². The van der Waals surface area contributed by atoms with Crippen molar-refractivity contribution in [3.8, 4) is 11.8 Å². The number of hydrogen-bond donors (Lipinski definition) is 1. The minimum absolute atomic E-state index is 0.00413. The standard InChI is InChI=1S/C23H16F2N2O2/c24-20-6-2-1-5-17(20)15-29-19-11-9-16(10-12-19)13-18(14-26)23(28)27-22-8-4-3-7-21(22)25/h1-13H,15H2,(H,27,28)/b18-13+. The number of carbonyl (C=O) groups excluding carboxylic acids is 1. The number of amides is 1. The largest absolute Gasteiger partial charge is 0.489 e. The SMILES string of the molecule is N#C/C(=C\c1ccc(OCc2ccccc2F)cc1)C(=O)Nc1ccccc1F. The van der Waals surface area contributed by atoms with Gasteiger partial charge in [0.2, 0.25) is 0 Å². The fraction of sp³-hybridized carbons (Fsp3) is 0.0435. The van der Waals surface area contributed by atoms with Crippen LogP contribution >= 0.6 is 0 Å². The molecule has 0 fully saturated rings. The molecule has 0 saturated heterocycles. The van der Waals surface area contributed by atoms with E-state index in [-0.39, 0.29) is 23.7 Å². The van der Waals surface area contributed by atoms with Crippen molar-refractivity contribution in [3.05, 3.63) is 101 Å². The van der Waals surface area contributed by atoms with Gasteiger partial charge in [-0.3, -0.25) is 4.79 Å². The summed E-state index contributed by atoms with van der Waals surface area (Å²) in [6.45, 7) is 0.0797. The van der Waals surface area contributed by atoms with E-state index in [0.717, 1.165) is 0 Å². The van der Waals surface area contributed by atoms with E-state index < -0.39 is 11.7 Å². The van der Waals surface area contributed by atoms with Gasteiger partial charge in [0.1, 0.15) is 35.6 Å². The molecule has 0 aliphatic rings. The summed E-state index contributed by atoms with van der Waals surface area (Å²) in [6.07, 6.45) is 1.39. The second-order valence-corrected chi connectivity index (χ2v) is 6.05. The topological polar surface area (TPSA) is 62.1 Å². The number of nitrogens with zero attached hydrogens (tertiary/aromatic N) is 1. The summed E-state index contributed by atoms with van der Waals surface area (Å²) in [5.41, 5.74) is 0.848. The summed E-state index contributed by atoms with van der Waals surface area (Å²) in [7, 11) is 0. The van der Waals surface area contributed by atoms with Gasteiger partial charge in [-0.1, -0.05) is 42.5 Å². The highest BCUT2D eigenvalue weighted by molar-refractivity contribution is 6.09. The van der Waals surface area contributed by atoms with Crippen molar-refractivity contribution in [1.82, 2.24) is 0 Å². The number of anilines is 1. The molecule has 0 bridgehead atoms. The van der Waals surface area contributed by atoms with E-state index in [2.05, 4.69) is 5.32 Å². The van der Waals surface area contributed by atoms with Gasteiger partial charge in [0.05, 0.1) is 5.69 Å². The van der Waals surface area contributed by atoms with Gasteiger partial charge in [0.25, 0.3) is 5.91 Å². The number of nitrogens with one attached hydrogen (secondary N) is 1. The fourth-order valence-electron chi connectivity index (χ4n) is 2.50. The average molecular weight is 390 g/mol. The van der Waals surface area contributed by atoms with Crippen molar-refractivity contribution in [2.24, 2.45) is 0 Å². The number of rotatable bonds is 6. The number of benzene rings is 3. The van der Waals surface area contributed by atoms with Gasteiger partial charge in [-0.05, 0) is 42.0 Å². The maximum absolute atomic E-state index is 13.7. The highest BCUT2D eigenvalue weighted by atomic mass is 19.1. The first-order valence-corrected chi connectivity index (χ1v) is 8.71. The molecule has 0 aliphatic heterocycles. The van der Waals surface area contributed by atoms with Crippen LogP contribution in [0.1, 0.15) is 11.1 Å². The fourth-order valence-corrected chi connectivity index (χ4v) is 2.50. The molecule has 1 N–H and O–H groups in total. The molecule has 0 spiro atoms. The van der Waals surface area contributed by atoms with Gasteiger partial charge >= 0.3 is 0 Å². The van der Waals surface area contributed by atoms with E-state index in [1.54, 1.807) is 48.5 Å². The van der Waals surface area contributed by atoms with Crippen LogP contribution in [0.5, 0.6) is 5.75 Å². The number of hydrogen-bond acceptors (Lipinski definition) is 3. The van der Waals surface area contributed by atoms with Crippen LogP contribution in [0.15, 0.2) is 78.4 Å². The van der Waals surface area contributed by atoms with E-state index in [1.165, 1.54) is 30.3 Å². The molecule has 6 heteroatoms. The number of halogens is 2. The summed E-state index contributed by atoms with van der Waals surface area (Å²) < 4.78 is 32.8. The Hall–Kier alpha value is -3.98. The third-order valence-corrected chi connectivity index (χ3v) is 4.03. The Kier molecular flexibility index (Phi) is 6.33. The zero-order chi connectivity index (χ0) is 20.6. The Labute approximate surface area is 166 Å². The average Bonchev–Trinajstić information content (AvgIpc) is 2.74. The van der Waals surface area contributed by atoms with Crippen LogP contribution in [0.3, 0.4) is 0 Å². The van der Waals surface area contributed by atoms with Crippen molar-refractivity contribution >= 4 is 17.7 Å². The Morgan fingerprint density at radius 3 is 2.28 bits per heavy atom. The van der Waals surface area contributed by atoms with Gasteiger partial charge < -0.3 is 10.1 Å². The normalized spacial score (nSPS) is 10.9. The molecule has 0 aromatic heterocycles. The lowest BCUT2D eigenvalue weighted by atomic mass is 10.1. The van der Waals surface area contributed by atoms with Crippen LogP contribution in [0.2, 0.25) is 0 Å². The second-order valence-electron chi connectivity index (χ2n) is 6.05. The number of para-hydroxylation sites is 1. The third-order valence-electron chi connectivity index (χ3n) is 4.03. The zero-order valence-corrected chi connectivity index (χ0v) is 15.2. The molecular formula is C23H16F2N2O2. The second kappa shape index (κ2) is 9.29. The first kappa shape index (κ1) is 19.8. The number of nitriles is 1. The molecule has 144 valence electrons. The molecule has 0 aliphatic carbocycles. The van der Waals surface area contributed by atoms with Crippen molar-refractivity contribution in [2.75, 3.05) is 5.32 Å². The first-order chi connectivity index (χ1) is 14.1. The lowest BCUT2D eigenvalue weighted by Gasteiger charge is -2.08.